The van der Waals surface area contributed by atoms with Crippen molar-refractivity contribution in [1.29, 1.82) is 0 Å². The zero-order valence-electron chi connectivity index (χ0n) is 16.2. The molecule has 0 fully saturated rings. The fraction of sp³-hybridized carbons (Fsp3) is 0.0909. The van der Waals surface area contributed by atoms with E-state index >= 15 is 0 Å². The Hall–Kier alpha value is -3.16. The number of carbonyl (C=O) groups is 1. The van der Waals surface area contributed by atoms with E-state index in [9.17, 15) is 13.2 Å². The Morgan fingerprint density at radius 3 is 2.23 bits per heavy atom. The topological polar surface area (TPSA) is 78.8 Å². The normalized spacial score (nSPS) is 11.4. The van der Waals surface area contributed by atoms with Gasteiger partial charge in [-0.05, 0) is 47.5 Å². The second-order valence-electron chi connectivity index (χ2n) is 6.55. The third-order valence-electron chi connectivity index (χ3n) is 4.24. The number of hydrazone groups is 1. The van der Waals surface area contributed by atoms with Crippen LogP contribution < -0.4 is 9.73 Å². The Kier molecular flexibility index (Phi) is 6.87. The average Bonchev–Trinajstić information content (AvgIpc) is 2.73. The zero-order valence-corrected chi connectivity index (χ0v) is 17.8. The summed E-state index contributed by atoms with van der Waals surface area (Å²) in [7, 11) is -3.50. The Morgan fingerprint density at radius 1 is 1.00 bits per heavy atom. The lowest BCUT2D eigenvalue weighted by Crippen LogP contribution is -2.29. The molecule has 0 saturated heterocycles. The van der Waals surface area contributed by atoms with Crippen molar-refractivity contribution in [2.24, 2.45) is 5.10 Å². The third kappa shape index (κ3) is 5.92. The molecule has 0 radical (unpaired) electrons. The smallest absolute Gasteiger partial charge is 0.267 e. The highest BCUT2D eigenvalue weighted by molar-refractivity contribution is 7.92. The number of amides is 1. The molecule has 154 valence electrons. The summed E-state index contributed by atoms with van der Waals surface area (Å²) in [5.41, 5.74) is 4.94. The Bertz CT molecular complexity index is 1130. The van der Waals surface area contributed by atoms with Crippen molar-refractivity contribution in [3.63, 3.8) is 0 Å². The van der Waals surface area contributed by atoms with E-state index in [2.05, 4.69) is 10.5 Å². The summed E-state index contributed by atoms with van der Waals surface area (Å²) in [5, 5.41) is 4.54. The fourth-order valence-electron chi connectivity index (χ4n) is 2.71. The molecule has 8 heteroatoms. The van der Waals surface area contributed by atoms with E-state index in [1.54, 1.807) is 48.5 Å². The van der Waals surface area contributed by atoms with Gasteiger partial charge >= 0.3 is 0 Å². The second-order valence-corrected chi connectivity index (χ2v) is 8.90. The summed E-state index contributed by atoms with van der Waals surface area (Å²) in [4.78, 5) is 12.3. The predicted octanol–water partition coefficient (Wildman–Crippen LogP) is 4.07. The van der Waals surface area contributed by atoms with Gasteiger partial charge in [0.2, 0.25) is 10.0 Å². The molecule has 3 aromatic rings. The maximum atomic E-state index is 12.3. The van der Waals surface area contributed by atoms with Crippen LogP contribution in [0.1, 0.15) is 21.5 Å². The largest absolute Gasteiger partial charge is 0.271 e. The lowest BCUT2D eigenvalue weighted by molar-refractivity contribution is 0.0955. The maximum Gasteiger partial charge on any atom is 0.271 e. The SMILES string of the molecule is CS(=O)(=O)N(Cc1ccccc1)c1ccc(C(=O)NN=Cc2ccc(Cl)cc2)cc1. The summed E-state index contributed by atoms with van der Waals surface area (Å²) in [6, 6.07) is 22.6. The zero-order chi connectivity index (χ0) is 21.6. The van der Waals surface area contributed by atoms with Gasteiger partial charge in [-0.3, -0.25) is 9.10 Å². The van der Waals surface area contributed by atoms with Crippen molar-refractivity contribution >= 4 is 39.4 Å². The first-order chi connectivity index (χ1) is 14.3. The molecule has 0 atom stereocenters. The summed E-state index contributed by atoms with van der Waals surface area (Å²) in [6.45, 7) is 0.205. The number of hydrogen-bond donors (Lipinski definition) is 1. The van der Waals surface area contributed by atoms with Gasteiger partial charge in [0.1, 0.15) is 0 Å². The van der Waals surface area contributed by atoms with Crippen LogP contribution in [-0.2, 0) is 16.6 Å². The van der Waals surface area contributed by atoms with Gasteiger partial charge in [0, 0.05) is 10.6 Å². The molecular formula is C22H20ClN3O3S. The molecule has 3 rings (SSSR count). The molecule has 1 amide bonds. The molecule has 3 aromatic carbocycles. The lowest BCUT2D eigenvalue weighted by Gasteiger charge is -2.22. The molecule has 0 heterocycles. The summed E-state index contributed by atoms with van der Waals surface area (Å²) in [5.74, 6) is -0.402. The van der Waals surface area contributed by atoms with E-state index in [1.165, 1.54) is 10.5 Å². The summed E-state index contributed by atoms with van der Waals surface area (Å²) >= 11 is 5.83. The Labute approximate surface area is 180 Å². The average molecular weight is 442 g/mol. The number of hydrogen-bond acceptors (Lipinski definition) is 4. The number of benzene rings is 3. The van der Waals surface area contributed by atoms with Crippen molar-refractivity contribution in [2.45, 2.75) is 6.54 Å². The monoisotopic (exact) mass is 441 g/mol. The van der Waals surface area contributed by atoms with Crippen LogP contribution in [0.15, 0.2) is 84.0 Å². The van der Waals surface area contributed by atoms with Gasteiger partial charge < -0.3 is 0 Å². The van der Waals surface area contributed by atoms with E-state index in [0.717, 1.165) is 17.4 Å². The number of rotatable bonds is 7. The van der Waals surface area contributed by atoms with E-state index in [0.29, 0.717) is 16.3 Å². The van der Waals surface area contributed by atoms with Crippen molar-refractivity contribution in [2.75, 3.05) is 10.6 Å². The Morgan fingerprint density at radius 2 is 1.63 bits per heavy atom. The van der Waals surface area contributed by atoms with Crippen LogP contribution in [0.2, 0.25) is 5.02 Å². The molecule has 0 unspecified atom stereocenters. The first-order valence-electron chi connectivity index (χ1n) is 9.03. The van der Waals surface area contributed by atoms with E-state index in [-0.39, 0.29) is 6.54 Å². The molecule has 0 aromatic heterocycles. The quantitative estimate of drug-likeness (QED) is 0.443. The fourth-order valence-corrected chi connectivity index (χ4v) is 3.72. The van der Waals surface area contributed by atoms with Gasteiger partial charge in [0.05, 0.1) is 24.7 Å². The predicted molar refractivity (Wildman–Crippen MR) is 120 cm³/mol. The molecule has 0 aliphatic rings. The Balaban J connectivity index is 1.70. The first kappa shape index (κ1) is 21.5. The summed E-state index contributed by atoms with van der Waals surface area (Å²) in [6.07, 6.45) is 2.66. The van der Waals surface area contributed by atoms with Gasteiger partial charge in [-0.1, -0.05) is 54.1 Å². The number of nitrogens with zero attached hydrogens (tertiary/aromatic N) is 2. The minimum absolute atomic E-state index is 0.205. The van der Waals surface area contributed by atoms with Crippen molar-refractivity contribution < 1.29 is 13.2 Å². The van der Waals surface area contributed by atoms with E-state index in [4.69, 9.17) is 11.6 Å². The van der Waals surface area contributed by atoms with Crippen molar-refractivity contribution in [1.82, 2.24) is 5.43 Å². The molecule has 0 aliphatic heterocycles. The number of carbonyl (C=O) groups excluding carboxylic acids is 1. The highest BCUT2D eigenvalue weighted by Gasteiger charge is 2.18. The summed E-state index contributed by atoms with van der Waals surface area (Å²) < 4.78 is 25.8. The molecule has 0 aliphatic carbocycles. The number of sulfonamides is 1. The van der Waals surface area contributed by atoms with Crippen LogP contribution in [0, 0.1) is 0 Å². The van der Waals surface area contributed by atoms with Crippen molar-refractivity contribution in [3.05, 3.63) is 101 Å². The number of halogens is 1. The van der Waals surface area contributed by atoms with Crippen LogP contribution in [0.5, 0.6) is 0 Å². The first-order valence-corrected chi connectivity index (χ1v) is 11.3. The minimum atomic E-state index is -3.50. The standard InChI is InChI=1S/C22H20ClN3O3S/c1-30(28,29)26(16-18-5-3-2-4-6-18)21-13-9-19(10-14-21)22(27)25-24-15-17-7-11-20(23)12-8-17/h2-15H,16H2,1H3,(H,25,27). The molecule has 0 saturated carbocycles. The lowest BCUT2D eigenvalue weighted by atomic mass is 10.2. The van der Waals surface area contributed by atoms with Crippen LogP contribution in [0.4, 0.5) is 5.69 Å². The molecule has 0 spiro atoms. The van der Waals surface area contributed by atoms with Gasteiger partial charge in [0.25, 0.3) is 5.91 Å². The number of anilines is 1. The highest BCUT2D eigenvalue weighted by Crippen LogP contribution is 2.21. The van der Waals surface area contributed by atoms with Crippen LogP contribution in [0.25, 0.3) is 0 Å². The molecule has 0 bridgehead atoms. The second kappa shape index (κ2) is 9.56. The minimum Gasteiger partial charge on any atom is -0.267 e. The molecular weight excluding hydrogens is 422 g/mol. The van der Waals surface area contributed by atoms with Gasteiger partial charge in [-0.15, -0.1) is 0 Å². The van der Waals surface area contributed by atoms with Crippen LogP contribution in [0.3, 0.4) is 0 Å². The van der Waals surface area contributed by atoms with Crippen LogP contribution in [-0.4, -0.2) is 26.8 Å². The molecule has 1 N–H and O–H groups in total. The van der Waals surface area contributed by atoms with Crippen molar-refractivity contribution in [3.8, 4) is 0 Å². The van der Waals surface area contributed by atoms with Gasteiger partial charge in [-0.25, -0.2) is 13.8 Å². The van der Waals surface area contributed by atoms with Crippen LogP contribution >= 0.6 is 11.6 Å². The van der Waals surface area contributed by atoms with Gasteiger partial charge in [-0.2, -0.15) is 5.10 Å². The third-order valence-corrected chi connectivity index (χ3v) is 5.63. The van der Waals surface area contributed by atoms with E-state index < -0.39 is 15.9 Å². The molecule has 30 heavy (non-hydrogen) atoms. The maximum absolute atomic E-state index is 12.3. The number of nitrogens with one attached hydrogen (secondary N) is 1. The van der Waals surface area contributed by atoms with Gasteiger partial charge in [0.15, 0.2) is 0 Å². The highest BCUT2D eigenvalue weighted by atomic mass is 35.5. The molecule has 6 nitrogen and oxygen atoms in total. The van der Waals surface area contributed by atoms with E-state index in [1.807, 2.05) is 30.3 Å².